The molecule has 1 aromatic heterocycles. The average molecular weight is 477 g/mol. The predicted octanol–water partition coefficient (Wildman–Crippen LogP) is 4.46. The molecule has 7 heteroatoms. The molecule has 186 valence electrons. The smallest absolute Gasteiger partial charge is 0.162 e. The Labute approximate surface area is 208 Å². The minimum atomic E-state index is 0.578. The predicted molar refractivity (Wildman–Crippen MR) is 138 cm³/mol. The van der Waals surface area contributed by atoms with Gasteiger partial charge in [0.15, 0.2) is 17.3 Å². The minimum absolute atomic E-state index is 0.578. The van der Waals surface area contributed by atoms with Crippen LogP contribution in [-0.4, -0.2) is 74.0 Å². The summed E-state index contributed by atoms with van der Waals surface area (Å²) in [6.45, 7) is 13.9. The van der Waals surface area contributed by atoms with E-state index in [0.29, 0.717) is 13.2 Å². The third kappa shape index (κ3) is 5.97. The van der Waals surface area contributed by atoms with Gasteiger partial charge in [0.25, 0.3) is 0 Å². The van der Waals surface area contributed by atoms with Crippen LogP contribution in [0.5, 0.6) is 11.5 Å². The maximum Gasteiger partial charge on any atom is 0.162 e. The van der Waals surface area contributed by atoms with Crippen LogP contribution in [-0.2, 0) is 6.54 Å². The summed E-state index contributed by atoms with van der Waals surface area (Å²) < 4.78 is 17.0. The van der Waals surface area contributed by atoms with Crippen LogP contribution in [0, 0.1) is 6.92 Å². The van der Waals surface area contributed by atoms with E-state index < -0.39 is 0 Å². The zero-order valence-electron chi connectivity index (χ0n) is 20.9. The Bertz CT molecular complexity index is 1090. The average Bonchev–Trinajstić information content (AvgIpc) is 3.37. The monoisotopic (exact) mass is 476 g/mol. The molecule has 1 fully saturated rings. The van der Waals surface area contributed by atoms with Crippen LogP contribution in [0.15, 0.2) is 53.1 Å². The molecule has 0 atom stereocenters. The van der Waals surface area contributed by atoms with Gasteiger partial charge in [-0.3, -0.25) is 9.80 Å². The number of rotatable bonds is 9. The van der Waals surface area contributed by atoms with Gasteiger partial charge in [-0.25, -0.2) is 0 Å². The molecule has 0 spiro atoms. The van der Waals surface area contributed by atoms with Crippen molar-refractivity contribution in [2.24, 2.45) is 0 Å². The fraction of sp³-hybridized carbons (Fsp3) is 0.464. The summed E-state index contributed by atoms with van der Waals surface area (Å²) >= 11 is 0. The van der Waals surface area contributed by atoms with E-state index in [-0.39, 0.29) is 0 Å². The number of aromatic nitrogens is 1. The van der Waals surface area contributed by atoms with E-state index in [4.69, 9.17) is 14.0 Å². The summed E-state index contributed by atoms with van der Waals surface area (Å²) in [6, 6.07) is 16.9. The number of benzene rings is 2. The number of piperazine rings is 1. The van der Waals surface area contributed by atoms with Gasteiger partial charge in [-0.1, -0.05) is 29.8 Å². The molecule has 0 radical (unpaired) electrons. The van der Waals surface area contributed by atoms with Gasteiger partial charge in [-0.2, -0.15) is 0 Å². The van der Waals surface area contributed by atoms with E-state index in [9.17, 15) is 0 Å². The molecule has 0 N–H and O–H groups in total. The van der Waals surface area contributed by atoms with E-state index in [1.54, 1.807) is 0 Å². The van der Waals surface area contributed by atoms with Gasteiger partial charge < -0.3 is 18.9 Å². The van der Waals surface area contributed by atoms with Gasteiger partial charge in [-0.05, 0) is 63.3 Å². The van der Waals surface area contributed by atoms with Crippen molar-refractivity contribution in [2.45, 2.75) is 26.8 Å². The minimum Gasteiger partial charge on any atom is -0.486 e. The first-order valence-corrected chi connectivity index (χ1v) is 12.8. The zero-order valence-corrected chi connectivity index (χ0v) is 20.9. The lowest BCUT2D eigenvalue weighted by Gasteiger charge is -2.36. The summed E-state index contributed by atoms with van der Waals surface area (Å²) in [5.41, 5.74) is 4.48. The van der Waals surface area contributed by atoms with E-state index in [1.165, 1.54) is 11.3 Å². The molecule has 2 aliphatic heterocycles. The van der Waals surface area contributed by atoms with Gasteiger partial charge in [0.1, 0.15) is 18.9 Å². The maximum atomic E-state index is 5.70. The number of hydrogen-bond donors (Lipinski definition) is 0. The number of ether oxygens (including phenoxy) is 2. The Balaban J connectivity index is 1.07. The molecule has 1 saturated heterocycles. The van der Waals surface area contributed by atoms with Crippen molar-refractivity contribution in [2.75, 3.05) is 63.9 Å². The second-order valence-corrected chi connectivity index (χ2v) is 9.42. The van der Waals surface area contributed by atoms with Gasteiger partial charge in [0, 0.05) is 43.5 Å². The molecule has 3 aromatic rings. The number of nitrogens with zero attached hydrogens (tertiary/aromatic N) is 4. The van der Waals surface area contributed by atoms with Gasteiger partial charge in [0.2, 0.25) is 0 Å². The van der Waals surface area contributed by atoms with Crippen LogP contribution >= 0.6 is 0 Å². The van der Waals surface area contributed by atoms with Crippen LogP contribution < -0.4 is 14.4 Å². The van der Waals surface area contributed by atoms with E-state index in [2.05, 4.69) is 58.0 Å². The highest BCUT2D eigenvalue weighted by atomic mass is 16.6. The topological polar surface area (TPSA) is 54.2 Å². The lowest BCUT2D eigenvalue weighted by Crippen LogP contribution is -2.47. The molecule has 35 heavy (non-hydrogen) atoms. The first-order chi connectivity index (χ1) is 17.2. The Kier molecular flexibility index (Phi) is 7.54. The molecular weight excluding hydrogens is 440 g/mol. The van der Waals surface area contributed by atoms with Gasteiger partial charge in [-0.15, -0.1) is 0 Å². The third-order valence-corrected chi connectivity index (χ3v) is 6.94. The fourth-order valence-electron chi connectivity index (χ4n) is 4.80. The normalized spacial score (nSPS) is 16.1. The summed E-state index contributed by atoms with van der Waals surface area (Å²) in [5.74, 6) is 2.45. The SMILES string of the molecule is CCN(CCCN1CCN(c2ccc(C)cc2)CC1)Cc1cc(-c2ccc3c(c2)OCCO3)no1. The highest BCUT2D eigenvalue weighted by Crippen LogP contribution is 2.34. The second kappa shape index (κ2) is 11.1. The van der Waals surface area contributed by atoms with Crippen molar-refractivity contribution in [1.29, 1.82) is 0 Å². The number of aryl methyl sites for hydroxylation is 1. The summed E-state index contributed by atoms with van der Waals surface area (Å²) in [7, 11) is 0. The van der Waals surface area contributed by atoms with Crippen molar-refractivity contribution in [3.8, 4) is 22.8 Å². The Morgan fingerprint density at radius 3 is 2.46 bits per heavy atom. The van der Waals surface area contributed by atoms with Crippen LogP contribution in [0.1, 0.15) is 24.7 Å². The molecule has 0 aliphatic carbocycles. The van der Waals surface area contributed by atoms with Crippen molar-refractivity contribution in [1.82, 2.24) is 15.0 Å². The summed E-state index contributed by atoms with van der Waals surface area (Å²) in [5, 5.41) is 4.30. The lowest BCUT2D eigenvalue weighted by atomic mass is 10.1. The van der Waals surface area contributed by atoms with Crippen LogP contribution in [0.2, 0.25) is 0 Å². The van der Waals surface area contributed by atoms with E-state index in [0.717, 1.165) is 87.3 Å². The van der Waals surface area contributed by atoms with Crippen molar-refractivity contribution in [3.05, 3.63) is 59.9 Å². The van der Waals surface area contributed by atoms with E-state index in [1.807, 2.05) is 24.3 Å². The lowest BCUT2D eigenvalue weighted by molar-refractivity contribution is 0.171. The van der Waals surface area contributed by atoms with Crippen LogP contribution in [0.4, 0.5) is 5.69 Å². The second-order valence-electron chi connectivity index (χ2n) is 9.42. The standard InChI is InChI=1S/C28H36N4O3/c1-3-30(11-4-12-31-13-15-32(16-14-31)24-8-5-22(2)6-9-24)21-25-20-26(29-35-25)23-7-10-27-28(19-23)34-18-17-33-27/h5-10,19-20H,3-4,11-18,21H2,1-2H3. The number of hydrogen-bond acceptors (Lipinski definition) is 7. The quantitative estimate of drug-likeness (QED) is 0.452. The number of anilines is 1. The number of fused-ring (bicyclic) bond motifs is 1. The first-order valence-electron chi connectivity index (χ1n) is 12.8. The Morgan fingerprint density at radius 2 is 1.69 bits per heavy atom. The molecule has 0 amide bonds. The zero-order chi connectivity index (χ0) is 24.0. The van der Waals surface area contributed by atoms with Crippen molar-refractivity contribution >= 4 is 5.69 Å². The summed E-state index contributed by atoms with van der Waals surface area (Å²) in [4.78, 5) is 7.51. The molecule has 0 unspecified atom stereocenters. The van der Waals surface area contributed by atoms with Crippen LogP contribution in [0.3, 0.4) is 0 Å². The van der Waals surface area contributed by atoms with Crippen molar-refractivity contribution < 1.29 is 14.0 Å². The highest BCUT2D eigenvalue weighted by molar-refractivity contribution is 5.64. The molecule has 5 rings (SSSR count). The molecule has 2 aromatic carbocycles. The molecule has 0 saturated carbocycles. The van der Waals surface area contributed by atoms with Gasteiger partial charge >= 0.3 is 0 Å². The Hall–Kier alpha value is -3.03. The molecule has 7 nitrogen and oxygen atoms in total. The Morgan fingerprint density at radius 1 is 0.914 bits per heavy atom. The maximum absolute atomic E-state index is 5.70. The first kappa shape index (κ1) is 23.7. The molecule has 0 bridgehead atoms. The molecular formula is C28H36N4O3. The van der Waals surface area contributed by atoms with E-state index >= 15 is 0 Å². The molecule has 3 heterocycles. The van der Waals surface area contributed by atoms with Crippen molar-refractivity contribution in [3.63, 3.8) is 0 Å². The van der Waals surface area contributed by atoms with Crippen LogP contribution in [0.25, 0.3) is 11.3 Å². The summed E-state index contributed by atoms with van der Waals surface area (Å²) in [6.07, 6.45) is 1.15. The third-order valence-electron chi connectivity index (χ3n) is 6.94. The highest BCUT2D eigenvalue weighted by Gasteiger charge is 2.18. The fourth-order valence-corrected chi connectivity index (χ4v) is 4.80. The largest absolute Gasteiger partial charge is 0.486 e. The molecule has 2 aliphatic rings. The van der Waals surface area contributed by atoms with Gasteiger partial charge in [0.05, 0.1) is 6.54 Å².